The van der Waals surface area contributed by atoms with Gasteiger partial charge in [-0.3, -0.25) is 4.79 Å². The maximum Gasteiger partial charge on any atom is 0.328 e. The number of aryl methyl sites for hydroxylation is 1. The smallest absolute Gasteiger partial charge is 0.328 e. The Morgan fingerprint density at radius 3 is 2.57 bits per heavy atom. The average molecular weight is 290 g/mol. The second kappa shape index (κ2) is 7.59. The van der Waals surface area contributed by atoms with Crippen LogP contribution in [0.5, 0.6) is 0 Å². The standard InChI is InChI=1S/C16H22N2O3/c1-11-7-13(5-6-15(19)20)9-14(8-11)16(21)17-10-12(2)18(3)4/h5-9,12H,10H2,1-4H3,(H,17,21)(H,19,20)/b6-5+. The van der Waals surface area contributed by atoms with Gasteiger partial charge < -0.3 is 15.3 Å². The van der Waals surface area contributed by atoms with Crippen molar-refractivity contribution in [3.05, 3.63) is 41.0 Å². The van der Waals surface area contributed by atoms with E-state index in [9.17, 15) is 9.59 Å². The number of hydrogen-bond donors (Lipinski definition) is 2. The fraction of sp³-hybridized carbons (Fsp3) is 0.375. The van der Waals surface area contributed by atoms with E-state index in [0.29, 0.717) is 17.7 Å². The molecule has 1 amide bonds. The summed E-state index contributed by atoms with van der Waals surface area (Å²) in [5, 5.41) is 11.5. The lowest BCUT2D eigenvalue weighted by atomic mass is 10.1. The van der Waals surface area contributed by atoms with Gasteiger partial charge in [0.1, 0.15) is 0 Å². The molecule has 114 valence electrons. The normalized spacial score (nSPS) is 12.6. The van der Waals surface area contributed by atoms with Gasteiger partial charge in [0.2, 0.25) is 0 Å². The minimum atomic E-state index is -1.01. The van der Waals surface area contributed by atoms with Crippen molar-refractivity contribution in [3.8, 4) is 0 Å². The maximum atomic E-state index is 12.1. The first-order chi connectivity index (χ1) is 9.79. The molecule has 1 aromatic rings. The molecule has 0 aliphatic carbocycles. The number of likely N-dealkylation sites (N-methyl/N-ethyl adjacent to an activating group) is 1. The summed E-state index contributed by atoms with van der Waals surface area (Å²) in [5.74, 6) is -1.17. The molecular formula is C16H22N2O3. The molecule has 0 saturated heterocycles. The molecule has 0 heterocycles. The molecule has 2 N–H and O–H groups in total. The number of aliphatic carboxylic acids is 1. The van der Waals surface area contributed by atoms with Gasteiger partial charge in [-0.1, -0.05) is 6.07 Å². The molecule has 0 bridgehead atoms. The topological polar surface area (TPSA) is 69.6 Å². The van der Waals surface area contributed by atoms with Crippen molar-refractivity contribution in [2.45, 2.75) is 19.9 Å². The summed E-state index contributed by atoms with van der Waals surface area (Å²) >= 11 is 0. The number of amides is 1. The minimum absolute atomic E-state index is 0.155. The van der Waals surface area contributed by atoms with E-state index in [1.165, 1.54) is 6.08 Å². The number of rotatable bonds is 6. The first-order valence-electron chi connectivity index (χ1n) is 6.77. The van der Waals surface area contributed by atoms with E-state index in [1.54, 1.807) is 12.1 Å². The molecule has 1 atom stereocenters. The van der Waals surface area contributed by atoms with E-state index in [4.69, 9.17) is 5.11 Å². The number of nitrogens with one attached hydrogen (secondary N) is 1. The SMILES string of the molecule is Cc1cc(/C=C/C(=O)O)cc(C(=O)NCC(C)N(C)C)c1. The van der Waals surface area contributed by atoms with Crippen LogP contribution in [-0.2, 0) is 4.79 Å². The second-order valence-electron chi connectivity index (χ2n) is 5.33. The van der Waals surface area contributed by atoms with Crippen molar-refractivity contribution in [2.24, 2.45) is 0 Å². The molecule has 5 nitrogen and oxygen atoms in total. The zero-order chi connectivity index (χ0) is 16.0. The molecule has 21 heavy (non-hydrogen) atoms. The highest BCUT2D eigenvalue weighted by molar-refractivity contribution is 5.95. The number of carbonyl (C=O) groups excluding carboxylic acids is 1. The molecule has 0 aromatic heterocycles. The van der Waals surface area contributed by atoms with Gasteiger partial charge in [-0.05, 0) is 57.3 Å². The van der Waals surface area contributed by atoms with Crippen molar-refractivity contribution < 1.29 is 14.7 Å². The third kappa shape index (κ3) is 5.79. The fourth-order valence-corrected chi connectivity index (χ4v) is 1.73. The van der Waals surface area contributed by atoms with Crippen LogP contribution in [0.2, 0.25) is 0 Å². The lowest BCUT2D eigenvalue weighted by Crippen LogP contribution is -2.38. The molecule has 0 fully saturated rings. The van der Waals surface area contributed by atoms with Crippen molar-refractivity contribution in [2.75, 3.05) is 20.6 Å². The molecule has 0 spiro atoms. The average Bonchev–Trinajstić information content (AvgIpc) is 2.41. The van der Waals surface area contributed by atoms with E-state index >= 15 is 0 Å². The maximum absolute atomic E-state index is 12.1. The van der Waals surface area contributed by atoms with Crippen LogP contribution in [0.15, 0.2) is 24.3 Å². The lowest BCUT2D eigenvalue weighted by molar-refractivity contribution is -0.131. The van der Waals surface area contributed by atoms with Crippen LogP contribution in [-0.4, -0.2) is 48.6 Å². The van der Waals surface area contributed by atoms with Gasteiger partial charge in [0.25, 0.3) is 5.91 Å². The molecule has 0 aliphatic heterocycles. The number of carbonyl (C=O) groups is 2. The number of carboxylic acid groups (broad SMARTS) is 1. The summed E-state index contributed by atoms with van der Waals surface area (Å²) < 4.78 is 0. The van der Waals surface area contributed by atoms with Crippen LogP contribution < -0.4 is 5.32 Å². The Labute approximate surface area is 125 Å². The molecule has 5 heteroatoms. The predicted molar refractivity (Wildman–Crippen MR) is 83.3 cm³/mol. The summed E-state index contributed by atoms with van der Waals surface area (Å²) in [7, 11) is 3.91. The van der Waals surface area contributed by atoms with E-state index in [-0.39, 0.29) is 11.9 Å². The van der Waals surface area contributed by atoms with Gasteiger partial charge in [-0.25, -0.2) is 4.79 Å². The monoisotopic (exact) mass is 290 g/mol. The van der Waals surface area contributed by atoms with Crippen LogP contribution in [0, 0.1) is 6.92 Å². The molecule has 1 aromatic carbocycles. The van der Waals surface area contributed by atoms with E-state index in [2.05, 4.69) is 5.32 Å². The molecule has 1 rings (SSSR count). The quantitative estimate of drug-likeness (QED) is 0.783. The first kappa shape index (κ1) is 16.9. The van der Waals surface area contributed by atoms with Gasteiger partial charge in [-0.15, -0.1) is 0 Å². The Hall–Kier alpha value is -2.14. The second-order valence-corrected chi connectivity index (χ2v) is 5.33. The van der Waals surface area contributed by atoms with E-state index in [0.717, 1.165) is 11.6 Å². The summed E-state index contributed by atoms with van der Waals surface area (Å²) in [5.41, 5.74) is 2.14. The van der Waals surface area contributed by atoms with Crippen LogP contribution in [0.1, 0.15) is 28.4 Å². The Balaban J connectivity index is 2.82. The van der Waals surface area contributed by atoms with Crippen molar-refractivity contribution in [3.63, 3.8) is 0 Å². The van der Waals surface area contributed by atoms with E-state index < -0.39 is 5.97 Å². The van der Waals surface area contributed by atoms with Crippen LogP contribution in [0.3, 0.4) is 0 Å². The molecule has 0 aliphatic rings. The number of nitrogens with zero attached hydrogens (tertiary/aromatic N) is 1. The predicted octanol–water partition coefficient (Wildman–Crippen LogP) is 1.77. The number of benzene rings is 1. The summed E-state index contributed by atoms with van der Waals surface area (Å²) in [6, 6.07) is 5.54. The zero-order valence-corrected chi connectivity index (χ0v) is 12.9. The fourth-order valence-electron chi connectivity index (χ4n) is 1.73. The van der Waals surface area contributed by atoms with Gasteiger partial charge in [0.05, 0.1) is 0 Å². The molecular weight excluding hydrogens is 268 g/mol. The highest BCUT2D eigenvalue weighted by Crippen LogP contribution is 2.11. The third-order valence-corrected chi connectivity index (χ3v) is 3.22. The Morgan fingerprint density at radius 1 is 1.33 bits per heavy atom. The van der Waals surface area contributed by atoms with Gasteiger partial charge in [0.15, 0.2) is 0 Å². The minimum Gasteiger partial charge on any atom is -0.478 e. The van der Waals surface area contributed by atoms with Crippen LogP contribution >= 0.6 is 0 Å². The number of hydrogen-bond acceptors (Lipinski definition) is 3. The molecule has 1 unspecified atom stereocenters. The van der Waals surface area contributed by atoms with Crippen LogP contribution in [0.4, 0.5) is 0 Å². The Bertz CT molecular complexity index is 550. The Morgan fingerprint density at radius 2 is 2.00 bits per heavy atom. The van der Waals surface area contributed by atoms with E-state index in [1.807, 2.05) is 38.9 Å². The van der Waals surface area contributed by atoms with Crippen molar-refractivity contribution in [1.82, 2.24) is 10.2 Å². The molecule has 0 saturated carbocycles. The first-order valence-corrected chi connectivity index (χ1v) is 6.77. The van der Waals surface area contributed by atoms with Crippen molar-refractivity contribution in [1.29, 1.82) is 0 Å². The highest BCUT2D eigenvalue weighted by atomic mass is 16.4. The summed E-state index contributed by atoms with van der Waals surface area (Å²) in [6.07, 6.45) is 2.54. The zero-order valence-electron chi connectivity index (χ0n) is 12.9. The van der Waals surface area contributed by atoms with Gasteiger partial charge >= 0.3 is 5.97 Å². The third-order valence-electron chi connectivity index (χ3n) is 3.22. The largest absolute Gasteiger partial charge is 0.478 e. The highest BCUT2D eigenvalue weighted by Gasteiger charge is 2.10. The summed E-state index contributed by atoms with van der Waals surface area (Å²) in [6.45, 7) is 4.45. The van der Waals surface area contributed by atoms with Gasteiger partial charge in [0, 0.05) is 24.2 Å². The van der Waals surface area contributed by atoms with Crippen LogP contribution in [0.25, 0.3) is 6.08 Å². The number of carboxylic acids is 1. The molecule has 0 radical (unpaired) electrons. The van der Waals surface area contributed by atoms with Gasteiger partial charge in [-0.2, -0.15) is 0 Å². The summed E-state index contributed by atoms with van der Waals surface area (Å²) in [4.78, 5) is 24.7. The van der Waals surface area contributed by atoms with Crippen molar-refractivity contribution >= 4 is 18.0 Å². The lowest BCUT2D eigenvalue weighted by Gasteiger charge is -2.20. The Kier molecular flexibility index (Phi) is 6.11.